The highest BCUT2D eigenvalue weighted by Crippen LogP contribution is 2.36. The minimum Gasteiger partial charge on any atom is -0.497 e. The molecule has 0 unspecified atom stereocenters. The first-order valence-corrected chi connectivity index (χ1v) is 11.0. The Morgan fingerprint density at radius 3 is 2.42 bits per heavy atom. The number of aromatic amines is 1. The first kappa shape index (κ1) is 19.1. The molecule has 0 atom stereocenters. The van der Waals surface area contributed by atoms with E-state index in [0.29, 0.717) is 33.7 Å². The van der Waals surface area contributed by atoms with E-state index >= 15 is 0 Å². The van der Waals surface area contributed by atoms with Crippen LogP contribution in [0.15, 0.2) is 82.7 Å². The Labute approximate surface area is 178 Å². The van der Waals surface area contributed by atoms with E-state index in [-0.39, 0.29) is 9.79 Å². The zero-order chi connectivity index (χ0) is 21.6. The Bertz CT molecular complexity index is 1510. The van der Waals surface area contributed by atoms with E-state index < -0.39 is 9.84 Å². The monoisotopic (exact) mass is 430 g/mol. The molecule has 5 aromatic rings. The molecular weight excluding hydrogens is 412 g/mol. The summed E-state index contributed by atoms with van der Waals surface area (Å²) in [5.41, 5.74) is 9.49. The second-order valence-corrected chi connectivity index (χ2v) is 8.94. The lowest BCUT2D eigenvalue weighted by molar-refractivity contribution is 0.414. The molecule has 0 aliphatic carbocycles. The number of benzene rings is 3. The Kier molecular flexibility index (Phi) is 4.37. The SMILES string of the molecule is COc1ccc(S(=O)(=O)c2cccc3ncc(-c4nc5ccccc5[nH]4)c(N)c23)cc1. The molecular formula is C23H18N4O3S. The number of pyridine rings is 1. The topological polar surface area (TPSA) is 111 Å². The maximum absolute atomic E-state index is 13.4. The van der Waals surface area contributed by atoms with Gasteiger partial charge in [-0.3, -0.25) is 4.98 Å². The minimum absolute atomic E-state index is 0.0955. The van der Waals surface area contributed by atoms with Gasteiger partial charge in [0.25, 0.3) is 0 Å². The van der Waals surface area contributed by atoms with Gasteiger partial charge >= 0.3 is 0 Å². The molecule has 3 aromatic carbocycles. The smallest absolute Gasteiger partial charge is 0.207 e. The molecule has 3 N–H and O–H groups in total. The van der Waals surface area contributed by atoms with Gasteiger partial charge in [0.05, 0.1) is 44.7 Å². The predicted octanol–water partition coefficient (Wildman–Crippen LogP) is 4.20. The zero-order valence-electron chi connectivity index (χ0n) is 16.5. The van der Waals surface area contributed by atoms with Crippen molar-refractivity contribution in [3.63, 3.8) is 0 Å². The number of fused-ring (bicyclic) bond motifs is 2. The van der Waals surface area contributed by atoms with Gasteiger partial charge in [0.2, 0.25) is 9.84 Å². The third kappa shape index (κ3) is 3.08. The minimum atomic E-state index is -3.84. The molecule has 7 nitrogen and oxygen atoms in total. The van der Waals surface area contributed by atoms with E-state index in [1.165, 1.54) is 19.2 Å². The summed E-state index contributed by atoms with van der Waals surface area (Å²) in [5.74, 6) is 1.11. The summed E-state index contributed by atoms with van der Waals surface area (Å²) in [5, 5.41) is 0.372. The van der Waals surface area contributed by atoms with Crippen molar-refractivity contribution in [1.29, 1.82) is 0 Å². The summed E-state index contributed by atoms with van der Waals surface area (Å²) in [7, 11) is -2.31. The molecule has 0 amide bonds. The van der Waals surface area contributed by atoms with Crippen LogP contribution in [0.5, 0.6) is 5.75 Å². The van der Waals surface area contributed by atoms with Crippen molar-refractivity contribution in [3.8, 4) is 17.1 Å². The number of imidazole rings is 1. The van der Waals surface area contributed by atoms with Crippen molar-refractivity contribution in [2.75, 3.05) is 12.8 Å². The maximum Gasteiger partial charge on any atom is 0.207 e. The number of ether oxygens (including phenoxy) is 1. The second kappa shape index (κ2) is 7.10. The van der Waals surface area contributed by atoms with E-state index in [1.807, 2.05) is 24.3 Å². The number of methoxy groups -OCH3 is 1. The summed E-state index contributed by atoms with van der Waals surface area (Å²) in [6.07, 6.45) is 1.61. The van der Waals surface area contributed by atoms with Crippen LogP contribution in [0.1, 0.15) is 0 Å². The normalized spacial score (nSPS) is 11.8. The van der Waals surface area contributed by atoms with Gasteiger partial charge in [0.15, 0.2) is 0 Å². The number of H-pyrrole nitrogens is 1. The summed E-state index contributed by atoms with van der Waals surface area (Å²) < 4.78 is 32.0. The lowest BCUT2D eigenvalue weighted by atomic mass is 10.1. The molecule has 2 heterocycles. The van der Waals surface area contributed by atoms with Crippen LogP contribution in [0.4, 0.5) is 5.69 Å². The van der Waals surface area contributed by atoms with Gasteiger partial charge in [0, 0.05) is 11.6 Å². The van der Waals surface area contributed by atoms with Crippen molar-refractivity contribution in [2.45, 2.75) is 9.79 Å². The lowest BCUT2D eigenvalue weighted by Gasteiger charge is -2.12. The molecule has 2 aromatic heterocycles. The fraction of sp³-hybridized carbons (Fsp3) is 0.0435. The Hall–Kier alpha value is -3.91. The molecule has 0 saturated heterocycles. The summed E-state index contributed by atoms with van der Waals surface area (Å²) in [4.78, 5) is 12.5. The molecule has 31 heavy (non-hydrogen) atoms. The van der Waals surface area contributed by atoms with Crippen molar-refractivity contribution >= 4 is 37.5 Å². The summed E-state index contributed by atoms with van der Waals surface area (Å²) in [6, 6.07) is 18.8. The van der Waals surface area contributed by atoms with Crippen LogP contribution in [0, 0.1) is 0 Å². The van der Waals surface area contributed by atoms with Gasteiger partial charge in [0.1, 0.15) is 11.6 Å². The summed E-state index contributed by atoms with van der Waals surface area (Å²) >= 11 is 0. The third-order valence-electron chi connectivity index (χ3n) is 5.20. The quantitative estimate of drug-likeness (QED) is 0.442. The van der Waals surface area contributed by atoms with Gasteiger partial charge in [-0.25, -0.2) is 13.4 Å². The molecule has 0 fully saturated rings. The average molecular weight is 430 g/mol. The van der Waals surface area contributed by atoms with Crippen molar-refractivity contribution in [2.24, 2.45) is 0 Å². The standard InChI is InChI=1S/C23H18N4O3S/c1-30-14-9-11-15(12-10-14)31(28,29)20-8-4-7-19-21(20)22(24)16(13-25-19)23-26-17-5-2-3-6-18(17)27-23/h2-13H,1H3,(H2,24,25)(H,26,27). The molecule has 0 bridgehead atoms. The Morgan fingerprint density at radius 2 is 1.68 bits per heavy atom. The number of rotatable bonds is 4. The first-order valence-electron chi connectivity index (χ1n) is 9.50. The Balaban J connectivity index is 1.73. The average Bonchev–Trinajstić information content (AvgIpc) is 3.23. The number of aromatic nitrogens is 3. The van der Waals surface area contributed by atoms with Crippen molar-refractivity contribution in [3.05, 3.63) is 72.9 Å². The predicted molar refractivity (Wildman–Crippen MR) is 120 cm³/mol. The number of anilines is 1. The Morgan fingerprint density at radius 1 is 0.935 bits per heavy atom. The van der Waals surface area contributed by atoms with Crippen LogP contribution in [0.3, 0.4) is 0 Å². The number of hydrogen-bond donors (Lipinski definition) is 2. The number of nitrogens with zero attached hydrogens (tertiary/aromatic N) is 2. The molecule has 8 heteroatoms. The van der Waals surface area contributed by atoms with Crippen LogP contribution in [0.25, 0.3) is 33.3 Å². The van der Waals surface area contributed by atoms with Gasteiger partial charge in [-0.05, 0) is 48.5 Å². The van der Waals surface area contributed by atoms with E-state index in [1.54, 1.807) is 36.5 Å². The van der Waals surface area contributed by atoms with Crippen LogP contribution >= 0.6 is 0 Å². The number of nitrogens with two attached hydrogens (primary N) is 1. The maximum atomic E-state index is 13.4. The van der Waals surface area contributed by atoms with Crippen molar-refractivity contribution < 1.29 is 13.2 Å². The first-order chi connectivity index (χ1) is 15.0. The summed E-state index contributed by atoms with van der Waals surface area (Å²) in [6.45, 7) is 0. The van der Waals surface area contributed by atoms with Crippen LogP contribution < -0.4 is 10.5 Å². The van der Waals surface area contributed by atoms with Gasteiger partial charge in [-0.1, -0.05) is 18.2 Å². The van der Waals surface area contributed by atoms with Gasteiger partial charge in [-0.15, -0.1) is 0 Å². The number of sulfone groups is 1. The highest BCUT2D eigenvalue weighted by atomic mass is 32.2. The van der Waals surface area contributed by atoms with E-state index in [0.717, 1.165) is 11.0 Å². The molecule has 0 aliphatic heterocycles. The fourth-order valence-corrected chi connectivity index (χ4v) is 5.10. The molecule has 154 valence electrons. The number of nitrogen functional groups attached to an aromatic ring is 1. The van der Waals surface area contributed by atoms with E-state index in [2.05, 4.69) is 15.0 Å². The lowest BCUT2D eigenvalue weighted by Crippen LogP contribution is -2.05. The van der Waals surface area contributed by atoms with Gasteiger partial charge < -0.3 is 15.5 Å². The van der Waals surface area contributed by atoms with E-state index in [9.17, 15) is 8.42 Å². The number of hydrogen-bond acceptors (Lipinski definition) is 6. The number of para-hydroxylation sites is 2. The van der Waals surface area contributed by atoms with Crippen LogP contribution in [0.2, 0.25) is 0 Å². The van der Waals surface area contributed by atoms with Crippen LogP contribution in [-0.2, 0) is 9.84 Å². The molecule has 0 spiro atoms. The molecule has 0 aliphatic rings. The number of nitrogens with one attached hydrogen (secondary N) is 1. The fourth-order valence-electron chi connectivity index (χ4n) is 3.61. The largest absolute Gasteiger partial charge is 0.497 e. The highest BCUT2D eigenvalue weighted by molar-refractivity contribution is 7.91. The van der Waals surface area contributed by atoms with Gasteiger partial charge in [-0.2, -0.15) is 0 Å². The molecule has 0 radical (unpaired) electrons. The van der Waals surface area contributed by atoms with E-state index in [4.69, 9.17) is 10.5 Å². The third-order valence-corrected chi connectivity index (χ3v) is 7.01. The second-order valence-electron chi connectivity index (χ2n) is 7.02. The molecule has 0 saturated carbocycles. The highest BCUT2D eigenvalue weighted by Gasteiger charge is 2.24. The van der Waals surface area contributed by atoms with Crippen molar-refractivity contribution in [1.82, 2.24) is 15.0 Å². The van der Waals surface area contributed by atoms with Crippen LogP contribution in [-0.4, -0.2) is 30.5 Å². The zero-order valence-corrected chi connectivity index (χ0v) is 17.3. The molecule has 5 rings (SSSR count).